The normalized spacial score (nSPS) is 12.0. The van der Waals surface area contributed by atoms with Crippen molar-refractivity contribution in [3.8, 4) is 0 Å². The fourth-order valence-corrected chi connectivity index (χ4v) is 1.82. The van der Waals surface area contributed by atoms with E-state index < -0.39 is 12.1 Å². The lowest BCUT2D eigenvalue weighted by Crippen LogP contribution is -2.51. The topological polar surface area (TPSA) is 84.2 Å². The zero-order valence-corrected chi connectivity index (χ0v) is 11.7. The van der Waals surface area contributed by atoms with Crippen LogP contribution in [0.25, 0.3) is 0 Å². The predicted molar refractivity (Wildman–Crippen MR) is 74.6 cm³/mol. The van der Waals surface area contributed by atoms with Gasteiger partial charge in [-0.1, -0.05) is 43.6 Å². The summed E-state index contributed by atoms with van der Waals surface area (Å²) in [4.78, 5) is 22.8. The second-order valence-electron chi connectivity index (χ2n) is 4.54. The molecule has 0 radical (unpaired) electrons. The Morgan fingerprint density at radius 1 is 1.32 bits per heavy atom. The number of urea groups is 1. The Bertz CT molecular complexity index is 463. The maximum Gasteiger partial charge on any atom is 0.312 e. The Morgan fingerprint density at radius 2 is 1.95 bits per heavy atom. The zero-order chi connectivity index (χ0) is 14.4. The first-order valence-corrected chi connectivity index (χ1v) is 6.36. The Kier molecular flexibility index (Phi) is 5.63. The third-order valence-corrected chi connectivity index (χ3v) is 3.03. The number of carbonyl (C=O) groups is 2. The van der Waals surface area contributed by atoms with Crippen LogP contribution in [0.2, 0.25) is 5.02 Å². The average molecular weight is 284 g/mol. The van der Waals surface area contributed by atoms with Crippen LogP contribution in [0.5, 0.6) is 0 Å². The predicted octanol–water partition coefficient (Wildman–Crippen LogP) is 1.65. The summed E-state index contributed by atoms with van der Waals surface area (Å²) in [5.74, 6) is -0.340. The Morgan fingerprint density at radius 3 is 2.47 bits per heavy atom. The van der Waals surface area contributed by atoms with E-state index in [0.29, 0.717) is 11.6 Å². The van der Waals surface area contributed by atoms with Crippen LogP contribution < -0.4 is 16.4 Å². The fourth-order valence-electron chi connectivity index (χ4n) is 1.62. The van der Waals surface area contributed by atoms with Crippen molar-refractivity contribution in [2.24, 2.45) is 11.7 Å². The molecule has 0 aromatic heterocycles. The van der Waals surface area contributed by atoms with Crippen LogP contribution in [-0.4, -0.2) is 18.0 Å². The van der Waals surface area contributed by atoms with E-state index in [1.54, 1.807) is 6.07 Å². The van der Waals surface area contributed by atoms with E-state index in [-0.39, 0.29) is 11.8 Å². The number of hydrogen-bond donors (Lipinski definition) is 3. The van der Waals surface area contributed by atoms with E-state index in [9.17, 15) is 9.59 Å². The lowest BCUT2D eigenvalue weighted by atomic mass is 10.0. The number of primary amides is 1. The molecule has 0 aliphatic carbocycles. The number of benzene rings is 1. The van der Waals surface area contributed by atoms with Gasteiger partial charge < -0.3 is 16.4 Å². The molecule has 0 bridgehead atoms. The van der Waals surface area contributed by atoms with Gasteiger partial charge in [-0.15, -0.1) is 0 Å². The van der Waals surface area contributed by atoms with E-state index >= 15 is 0 Å². The molecule has 0 aliphatic rings. The summed E-state index contributed by atoms with van der Waals surface area (Å²) >= 11 is 5.99. The Hall–Kier alpha value is -1.75. The Labute approximate surface area is 117 Å². The van der Waals surface area contributed by atoms with E-state index in [2.05, 4.69) is 10.6 Å². The van der Waals surface area contributed by atoms with Crippen molar-refractivity contribution in [1.82, 2.24) is 10.6 Å². The minimum absolute atomic E-state index is 0.0567. The third-order valence-electron chi connectivity index (χ3n) is 2.66. The number of halogens is 1. The summed E-state index contributed by atoms with van der Waals surface area (Å²) in [6, 6.07) is 5.87. The molecule has 104 valence electrons. The van der Waals surface area contributed by atoms with Gasteiger partial charge in [0.05, 0.1) is 0 Å². The van der Waals surface area contributed by atoms with Crippen LogP contribution in [0.3, 0.4) is 0 Å². The molecular formula is C13H18ClN3O2. The molecule has 3 amide bonds. The van der Waals surface area contributed by atoms with Crippen molar-refractivity contribution in [3.63, 3.8) is 0 Å². The van der Waals surface area contributed by atoms with Crippen molar-refractivity contribution in [2.45, 2.75) is 26.4 Å². The van der Waals surface area contributed by atoms with Gasteiger partial charge in [-0.2, -0.15) is 0 Å². The van der Waals surface area contributed by atoms with Crippen LogP contribution >= 0.6 is 11.6 Å². The molecule has 1 aromatic rings. The number of amides is 3. The molecule has 0 saturated carbocycles. The summed E-state index contributed by atoms with van der Waals surface area (Å²) in [7, 11) is 0. The molecule has 0 spiro atoms. The molecule has 1 atom stereocenters. The molecule has 0 fully saturated rings. The molecule has 5 nitrogen and oxygen atoms in total. The molecule has 19 heavy (non-hydrogen) atoms. The second-order valence-corrected chi connectivity index (χ2v) is 4.95. The van der Waals surface area contributed by atoms with E-state index in [1.807, 2.05) is 32.0 Å². The standard InChI is InChI=1S/C13H18ClN3O2/c1-8(2)11(17-13(15)19)12(18)16-7-9-5-3-4-6-10(9)14/h3-6,8,11H,7H2,1-2H3,(H,16,18)(H3,15,17,19). The van der Waals surface area contributed by atoms with Gasteiger partial charge in [0.2, 0.25) is 5.91 Å². The van der Waals surface area contributed by atoms with Gasteiger partial charge in [-0.3, -0.25) is 4.79 Å². The molecule has 0 heterocycles. The quantitative estimate of drug-likeness (QED) is 0.768. The highest BCUT2D eigenvalue weighted by Gasteiger charge is 2.22. The van der Waals surface area contributed by atoms with Crippen LogP contribution in [0.1, 0.15) is 19.4 Å². The van der Waals surface area contributed by atoms with Crippen LogP contribution in [-0.2, 0) is 11.3 Å². The first-order chi connectivity index (χ1) is 8.91. The molecule has 6 heteroatoms. The molecule has 4 N–H and O–H groups in total. The van der Waals surface area contributed by atoms with E-state index in [4.69, 9.17) is 17.3 Å². The molecule has 0 saturated heterocycles. The molecule has 1 unspecified atom stereocenters. The molecule has 0 aliphatic heterocycles. The first kappa shape index (κ1) is 15.3. The zero-order valence-electron chi connectivity index (χ0n) is 10.9. The summed E-state index contributed by atoms with van der Waals surface area (Å²) in [5.41, 5.74) is 5.87. The van der Waals surface area contributed by atoms with Crippen molar-refractivity contribution < 1.29 is 9.59 Å². The van der Waals surface area contributed by atoms with Crippen molar-refractivity contribution in [3.05, 3.63) is 34.9 Å². The summed E-state index contributed by atoms with van der Waals surface area (Å²) in [6.07, 6.45) is 0. The first-order valence-electron chi connectivity index (χ1n) is 5.99. The van der Waals surface area contributed by atoms with Crippen molar-refractivity contribution in [1.29, 1.82) is 0 Å². The number of carbonyl (C=O) groups excluding carboxylic acids is 2. The lowest BCUT2D eigenvalue weighted by Gasteiger charge is -2.20. The molecule has 1 aromatic carbocycles. The Balaban J connectivity index is 2.63. The van der Waals surface area contributed by atoms with Gasteiger partial charge >= 0.3 is 6.03 Å². The maximum atomic E-state index is 12.0. The average Bonchev–Trinajstić information content (AvgIpc) is 2.34. The van der Waals surface area contributed by atoms with Gasteiger partial charge in [0.1, 0.15) is 6.04 Å². The fraction of sp³-hybridized carbons (Fsp3) is 0.385. The smallest absolute Gasteiger partial charge is 0.312 e. The summed E-state index contributed by atoms with van der Waals surface area (Å²) in [5, 5.41) is 5.75. The number of nitrogens with two attached hydrogens (primary N) is 1. The minimum atomic E-state index is -0.716. The van der Waals surface area contributed by atoms with E-state index in [1.165, 1.54) is 0 Å². The molecule has 1 rings (SSSR count). The number of hydrogen-bond acceptors (Lipinski definition) is 2. The highest BCUT2D eigenvalue weighted by molar-refractivity contribution is 6.31. The van der Waals surface area contributed by atoms with Gasteiger partial charge in [0, 0.05) is 11.6 Å². The maximum absolute atomic E-state index is 12.0. The monoisotopic (exact) mass is 283 g/mol. The minimum Gasteiger partial charge on any atom is -0.352 e. The third kappa shape index (κ3) is 4.79. The van der Waals surface area contributed by atoms with Gasteiger partial charge in [-0.25, -0.2) is 4.79 Å². The van der Waals surface area contributed by atoms with Gasteiger partial charge in [0.15, 0.2) is 0 Å². The number of rotatable bonds is 5. The van der Waals surface area contributed by atoms with Gasteiger partial charge in [-0.05, 0) is 17.5 Å². The summed E-state index contributed by atoms with van der Waals surface area (Å²) < 4.78 is 0. The largest absolute Gasteiger partial charge is 0.352 e. The lowest BCUT2D eigenvalue weighted by molar-refractivity contribution is -0.124. The van der Waals surface area contributed by atoms with Gasteiger partial charge in [0.25, 0.3) is 0 Å². The van der Waals surface area contributed by atoms with Crippen molar-refractivity contribution in [2.75, 3.05) is 0 Å². The van der Waals surface area contributed by atoms with E-state index in [0.717, 1.165) is 5.56 Å². The SMILES string of the molecule is CC(C)C(NC(N)=O)C(=O)NCc1ccccc1Cl. The van der Waals surface area contributed by atoms with Crippen LogP contribution in [0.15, 0.2) is 24.3 Å². The van der Waals surface area contributed by atoms with Crippen LogP contribution in [0.4, 0.5) is 4.79 Å². The highest BCUT2D eigenvalue weighted by Crippen LogP contribution is 2.14. The number of nitrogens with one attached hydrogen (secondary N) is 2. The van der Waals surface area contributed by atoms with Crippen molar-refractivity contribution >= 4 is 23.5 Å². The highest BCUT2D eigenvalue weighted by atomic mass is 35.5. The molecular weight excluding hydrogens is 266 g/mol. The summed E-state index contributed by atoms with van der Waals surface area (Å²) in [6.45, 7) is 3.97. The van der Waals surface area contributed by atoms with Crippen LogP contribution in [0, 0.1) is 5.92 Å². The second kappa shape index (κ2) is 6.99.